The lowest BCUT2D eigenvalue weighted by atomic mass is 9.93. The Morgan fingerprint density at radius 3 is 2.32 bits per heavy atom. The molecule has 0 aliphatic heterocycles. The lowest BCUT2D eigenvalue weighted by molar-refractivity contribution is -0.134. The number of ether oxygens (including phenoxy) is 2. The van der Waals surface area contributed by atoms with Gasteiger partial charge in [0.25, 0.3) is 8.32 Å². The topological polar surface area (TPSA) is 82.1 Å². The summed E-state index contributed by atoms with van der Waals surface area (Å²) in [7, 11) is 0.502. The smallest absolute Gasteiger partial charge is 0.330 e. The predicted octanol–water partition coefficient (Wildman–Crippen LogP) is 5.41. The summed E-state index contributed by atoms with van der Waals surface area (Å²) in [6, 6.07) is 5.40. The number of phenolic OH excluding ortho intramolecular Hbond substituents is 1. The monoisotopic (exact) mass is 444 g/mol. The summed E-state index contributed by atoms with van der Waals surface area (Å²) in [6.07, 6.45) is 3.12. The minimum atomic E-state index is -2.31. The van der Waals surface area contributed by atoms with Gasteiger partial charge in [-0.05, 0) is 37.5 Å². The van der Waals surface area contributed by atoms with Gasteiger partial charge in [-0.3, -0.25) is 4.79 Å². The van der Waals surface area contributed by atoms with Crippen molar-refractivity contribution < 1.29 is 28.6 Å². The Hall–Kier alpha value is -2.80. The van der Waals surface area contributed by atoms with E-state index in [2.05, 4.69) is 38.6 Å². The summed E-state index contributed by atoms with van der Waals surface area (Å²) in [5, 5.41) is 12.1. The fraction of sp³-hybridized carbons (Fsp3) is 0.417. The minimum absolute atomic E-state index is 0.0917. The third-order valence-electron chi connectivity index (χ3n) is 5.83. The first-order valence-corrected chi connectivity index (χ1v) is 13.1. The molecule has 7 heteroatoms. The normalized spacial score (nSPS) is 12.3. The van der Waals surface area contributed by atoms with Crippen LogP contribution in [0.4, 0.5) is 0 Å². The van der Waals surface area contributed by atoms with E-state index in [9.17, 15) is 14.7 Å². The molecule has 0 atom stereocenters. The molecule has 2 aromatic carbocycles. The molecule has 31 heavy (non-hydrogen) atoms. The van der Waals surface area contributed by atoms with Crippen LogP contribution in [0.5, 0.6) is 17.2 Å². The van der Waals surface area contributed by atoms with Gasteiger partial charge < -0.3 is 19.0 Å². The van der Waals surface area contributed by atoms with Crippen LogP contribution in [0.25, 0.3) is 10.8 Å². The molecule has 0 aliphatic carbocycles. The number of benzene rings is 2. The van der Waals surface area contributed by atoms with Crippen molar-refractivity contribution in [2.24, 2.45) is 0 Å². The van der Waals surface area contributed by atoms with E-state index in [4.69, 9.17) is 9.16 Å². The SMILES string of the molecule is COC(=O)/C=C/Cc1c(C(C)=O)c(O)c2c(OC)cccc2c1O[Si](C)(C)C(C)(C)C. The quantitative estimate of drug-likeness (QED) is 0.266. The molecule has 0 fully saturated rings. The van der Waals surface area contributed by atoms with E-state index in [1.165, 1.54) is 27.2 Å². The van der Waals surface area contributed by atoms with E-state index >= 15 is 0 Å². The Bertz CT molecular complexity index is 1030. The number of hydrogen-bond acceptors (Lipinski definition) is 6. The summed E-state index contributed by atoms with van der Waals surface area (Å²) in [5.41, 5.74) is 0.705. The van der Waals surface area contributed by atoms with Crippen LogP contribution in [0.2, 0.25) is 18.1 Å². The molecule has 0 bridgehead atoms. The highest BCUT2D eigenvalue weighted by atomic mass is 28.4. The summed E-state index contributed by atoms with van der Waals surface area (Å²) >= 11 is 0. The van der Waals surface area contributed by atoms with E-state index in [0.717, 1.165) is 0 Å². The van der Waals surface area contributed by atoms with Crippen LogP contribution in [-0.4, -0.2) is 39.4 Å². The standard InChI is InChI=1S/C24H32O6Si/c1-15(25)20-16(12-10-14-19(26)29-6)23(30-31(7,8)24(2,3)4)17-11-9-13-18(28-5)21(17)22(20)27/h9-11,13-14,27H,12H2,1-8H3/b14-10+. The Labute approximate surface area is 184 Å². The van der Waals surface area contributed by atoms with Crippen molar-refractivity contribution >= 4 is 30.8 Å². The molecular weight excluding hydrogens is 412 g/mol. The molecule has 0 aliphatic rings. The Morgan fingerprint density at radius 2 is 1.81 bits per heavy atom. The first kappa shape index (κ1) is 24.5. The molecule has 0 amide bonds. The van der Waals surface area contributed by atoms with Crippen molar-refractivity contribution in [2.75, 3.05) is 14.2 Å². The zero-order chi connectivity index (χ0) is 23.6. The maximum absolute atomic E-state index is 12.6. The lowest BCUT2D eigenvalue weighted by Crippen LogP contribution is -2.44. The zero-order valence-corrected chi connectivity index (χ0v) is 20.6. The molecule has 2 rings (SSSR count). The summed E-state index contributed by atoms with van der Waals surface area (Å²) in [6.45, 7) is 12.0. The van der Waals surface area contributed by atoms with Crippen molar-refractivity contribution in [3.05, 3.63) is 41.5 Å². The number of Topliss-reactive ketones (excluding diaryl/α,β-unsaturated/α-hetero) is 1. The van der Waals surface area contributed by atoms with Crippen molar-refractivity contribution in [3.8, 4) is 17.2 Å². The number of ketones is 1. The molecule has 0 heterocycles. The van der Waals surface area contributed by atoms with Crippen LogP contribution in [0, 0.1) is 0 Å². The number of carbonyl (C=O) groups is 2. The van der Waals surface area contributed by atoms with Crippen molar-refractivity contribution in [1.82, 2.24) is 0 Å². The number of carbonyl (C=O) groups excluding carboxylic acids is 2. The number of hydrogen-bond donors (Lipinski definition) is 1. The van der Waals surface area contributed by atoms with Crippen LogP contribution in [0.3, 0.4) is 0 Å². The van der Waals surface area contributed by atoms with E-state index in [0.29, 0.717) is 27.8 Å². The highest BCUT2D eigenvalue weighted by molar-refractivity contribution is 6.74. The van der Waals surface area contributed by atoms with Crippen LogP contribution in [-0.2, 0) is 16.0 Å². The van der Waals surface area contributed by atoms with Gasteiger partial charge in [-0.1, -0.05) is 39.0 Å². The summed E-state index contributed by atoms with van der Waals surface area (Å²) in [5.74, 6) is 0.0472. The van der Waals surface area contributed by atoms with Crippen LogP contribution in [0.1, 0.15) is 43.6 Å². The molecule has 2 aromatic rings. The van der Waals surface area contributed by atoms with Gasteiger partial charge in [0.05, 0.1) is 25.2 Å². The second-order valence-electron chi connectivity index (χ2n) is 8.96. The van der Waals surface area contributed by atoms with Crippen molar-refractivity contribution in [2.45, 2.75) is 52.2 Å². The maximum atomic E-state index is 12.6. The number of aromatic hydroxyl groups is 1. The fourth-order valence-electron chi connectivity index (χ4n) is 3.12. The number of allylic oxidation sites excluding steroid dienone is 1. The van der Waals surface area contributed by atoms with Gasteiger partial charge in [-0.2, -0.15) is 0 Å². The van der Waals surface area contributed by atoms with Crippen LogP contribution >= 0.6 is 0 Å². The largest absolute Gasteiger partial charge is 0.543 e. The van der Waals surface area contributed by atoms with Gasteiger partial charge in [-0.25, -0.2) is 4.79 Å². The van der Waals surface area contributed by atoms with Crippen molar-refractivity contribution in [1.29, 1.82) is 0 Å². The highest BCUT2D eigenvalue weighted by Gasteiger charge is 2.40. The molecule has 0 aromatic heterocycles. The van der Waals surface area contributed by atoms with Gasteiger partial charge in [0.2, 0.25) is 0 Å². The Morgan fingerprint density at radius 1 is 1.16 bits per heavy atom. The first-order valence-electron chi connectivity index (χ1n) is 10.1. The maximum Gasteiger partial charge on any atom is 0.330 e. The molecule has 0 radical (unpaired) electrons. The number of fused-ring (bicyclic) bond motifs is 1. The fourth-order valence-corrected chi connectivity index (χ4v) is 4.17. The molecule has 1 N–H and O–H groups in total. The number of rotatable bonds is 7. The molecule has 168 valence electrons. The van der Waals surface area contributed by atoms with Gasteiger partial charge in [0.1, 0.15) is 17.2 Å². The highest BCUT2D eigenvalue weighted by Crippen LogP contribution is 2.47. The van der Waals surface area contributed by atoms with Gasteiger partial charge >= 0.3 is 5.97 Å². The molecule has 0 saturated carbocycles. The molecule has 6 nitrogen and oxygen atoms in total. The average Bonchev–Trinajstić information content (AvgIpc) is 2.68. The first-order chi connectivity index (χ1) is 14.4. The van der Waals surface area contributed by atoms with E-state index in [-0.39, 0.29) is 28.6 Å². The van der Waals surface area contributed by atoms with Crippen LogP contribution in [0.15, 0.2) is 30.4 Å². The Balaban J connectivity index is 2.92. The lowest BCUT2D eigenvalue weighted by Gasteiger charge is -2.38. The van der Waals surface area contributed by atoms with E-state index in [1.807, 2.05) is 12.1 Å². The second kappa shape index (κ2) is 9.14. The number of phenols is 1. The second-order valence-corrected chi connectivity index (χ2v) is 13.7. The van der Waals surface area contributed by atoms with Gasteiger partial charge in [0.15, 0.2) is 5.78 Å². The van der Waals surface area contributed by atoms with Crippen LogP contribution < -0.4 is 9.16 Å². The molecule has 0 unspecified atom stereocenters. The number of esters is 1. The molecular formula is C24H32O6Si. The van der Waals surface area contributed by atoms with E-state index in [1.54, 1.807) is 12.1 Å². The minimum Gasteiger partial charge on any atom is -0.543 e. The summed E-state index contributed by atoms with van der Waals surface area (Å²) in [4.78, 5) is 24.2. The van der Waals surface area contributed by atoms with E-state index < -0.39 is 14.3 Å². The summed E-state index contributed by atoms with van der Waals surface area (Å²) < 4.78 is 16.8. The van der Waals surface area contributed by atoms with Gasteiger partial charge in [-0.15, -0.1) is 0 Å². The number of methoxy groups -OCH3 is 2. The Kier molecular flexibility index (Phi) is 7.21. The zero-order valence-electron chi connectivity index (χ0n) is 19.6. The predicted molar refractivity (Wildman–Crippen MR) is 125 cm³/mol. The third kappa shape index (κ3) is 4.93. The van der Waals surface area contributed by atoms with Crippen molar-refractivity contribution in [3.63, 3.8) is 0 Å². The average molecular weight is 445 g/mol. The molecule has 0 saturated heterocycles. The molecule has 0 spiro atoms. The van der Waals surface area contributed by atoms with Gasteiger partial charge in [0, 0.05) is 17.0 Å². The third-order valence-corrected chi connectivity index (χ3v) is 10.2.